The number of hydrogen-bond donors (Lipinski definition) is 1. The lowest BCUT2D eigenvalue weighted by Gasteiger charge is -2.09. The molecule has 1 N–H and O–H groups in total. The summed E-state index contributed by atoms with van der Waals surface area (Å²) in [6, 6.07) is 11.5. The molecule has 0 aliphatic carbocycles. The Bertz CT molecular complexity index is 926. The molecule has 124 valence electrons. The summed E-state index contributed by atoms with van der Waals surface area (Å²) >= 11 is 3.36. The molecule has 5 heteroatoms. The first kappa shape index (κ1) is 16.6. The van der Waals surface area contributed by atoms with Crippen molar-refractivity contribution in [3.63, 3.8) is 0 Å². The Labute approximate surface area is 148 Å². The number of phenolic OH excluding ortho intramolecular Hbond substituents is 1. The van der Waals surface area contributed by atoms with Crippen LogP contribution in [0.3, 0.4) is 0 Å². The van der Waals surface area contributed by atoms with Crippen molar-refractivity contribution in [2.75, 3.05) is 6.61 Å². The molecule has 0 fully saturated rings. The summed E-state index contributed by atoms with van der Waals surface area (Å²) in [5.41, 5.74) is 4.22. The number of halogens is 1. The lowest BCUT2D eigenvalue weighted by molar-refractivity contribution is 0.0527. The third kappa shape index (κ3) is 2.69. The van der Waals surface area contributed by atoms with Gasteiger partial charge in [0.25, 0.3) is 0 Å². The number of nitrogens with zero attached hydrogens (tertiary/aromatic N) is 1. The van der Waals surface area contributed by atoms with Crippen LogP contribution < -0.4 is 0 Å². The van der Waals surface area contributed by atoms with E-state index in [1.165, 1.54) is 0 Å². The number of hydrogen-bond acceptors (Lipinski definition) is 3. The molecule has 2 aromatic carbocycles. The van der Waals surface area contributed by atoms with E-state index in [2.05, 4.69) is 15.9 Å². The lowest BCUT2D eigenvalue weighted by atomic mass is 10.1. The number of esters is 1. The van der Waals surface area contributed by atoms with Crippen LogP contribution in [0.25, 0.3) is 16.6 Å². The van der Waals surface area contributed by atoms with Gasteiger partial charge in [-0.05, 0) is 61.0 Å². The predicted molar refractivity (Wildman–Crippen MR) is 98.1 cm³/mol. The second kappa shape index (κ2) is 6.32. The Morgan fingerprint density at radius 2 is 1.88 bits per heavy atom. The van der Waals surface area contributed by atoms with Gasteiger partial charge in [0, 0.05) is 16.8 Å². The Kier molecular flexibility index (Phi) is 4.37. The highest BCUT2D eigenvalue weighted by Crippen LogP contribution is 2.36. The number of rotatable bonds is 3. The van der Waals surface area contributed by atoms with E-state index in [-0.39, 0.29) is 11.7 Å². The van der Waals surface area contributed by atoms with Gasteiger partial charge in [-0.1, -0.05) is 17.7 Å². The molecule has 3 aromatic rings. The van der Waals surface area contributed by atoms with Crippen molar-refractivity contribution in [2.24, 2.45) is 0 Å². The number of aromatic nitrogens is 1. The largest absolute Gasteiger partial charge is 0.507 e. The average Bonchev–Trinajstić information content (AvgIpc) is 2.80. The number of benzene rings is 2. The van der Waals surface area contributed by atoms with Crippen LogP contribution in [0.1, 0.15) is 28.5 Å². The zero-order chi connectivity index (χ0) is 17.4. The third-order valence-electron chi connectivity index (χ3n) is 4.04. The van der Waals surface area contributed by atoms with E-state index in [4.69, 9.17) is 4.74 Å². The molecule has 4 nitrogen and oxygen atoms in total. The van der Waals surface area contributed by atoms with Crippen molar-refractivity contribution in [3.05, 3.63) is 57.7 Å². The highest BCUT2D eigenvalue weighted by atomic mass is 79.9. The van der Waals surface area contributed by atoms with Crippen molar-refractivity contribution < 1.29 is 14.6 Å². The summed E-state index contributed by atoms with van der Waals surface area (Å²) in [5.74, 6) is -0.290. The van der Waals surface area contributed by atoms with Crippen LogP contribution in [0.2, 0.25) is 0 Å². The second-order valence-electron chi connectivity index (χ2n) is 5.67. The molecule has 1 heterocycles. The molecule has 0 atom stereocenters. The van der Waals surface area contributed by atoms with Gasteiger partial charge in [-0.15, -0.1) is 0 Å². The normalized spacial score (nSPS) is 11.0. The molecule has 0 amide bonds. The van der Waals surface area contributed by atoms with Crippen LogP contribution in [-0.2, 0) is 4.74 Å². The van der Waals surface area contributed by atoms with Crippen molar-refractivity contribution in [1.82, 2.24) is 4.57 Å². The predicted octanol–water partition coefficient (Wildman–Crippen LogP) is 4.89. The van der Waals surface area contributed by atoms with Gasteiger partial charge < -0.3 is 14.4 Å². The number of ether oxygens (including phenoxy) is 1. The maximum atomic E-state index is 12.4. The molecule has 24 heavy (non-hydrogen) atoms. The van der Waals surface area contributed by atoms with E-state index in [1.807, 2.05) is 48.7 Å². The van der Waals surface area contributed by atoms with Crippen molar-refractivity contribution in [3.8, 4) is 11.4 Å². The first-order valence-electron chi connectivity index (χ1n) is 7.71. The fraction of sp³-hybridized carbons (Fsp3) is 0.211. The van der Waals surface area contributed by atoms with Crippen LogP contribution in [-0.4, -0.2) is 22.2 Å². The summed E-state index contributed by atoms with van der Waals surface area (Å²) in [6.07, 6.45) is 0. The van der Waals surface area contributed by atoms with Gasteiger partial charge in [0.15, 0.2) is 0 Å². The van der Waals surface area contributed by atoms with E-state index >= 15 is 0 Å². The number of phenols is 1. The molecule has 0 saturated carbocycles. The minimum Gasteiger partial charge on any atom is -0.507 e. The highest BCUT2D eigenvalue weighted by Gasteiger charge is 2.23. The molecule has 0 radical (unpaired) electrons. The quantitative estimate of drug-likeness (QED) is 0.650. The fourth-order valence-corrected chi connectivity index (χ4v) is 3.24. The van der Waals surface area contributed by atoms with Gasteiger partial charge in [-0.3, -0.25) is 0 Å². The fourth-order valence-electron chi connectivity index (χ4n) is 2.91. The summed E-state index contributed by atoms with van der Waals surface area (Å²) in [4.78, 5) is 12.4. The van der Waals surface area contributed by atoms with E-state index in [1.54, 1.807) is 13.0 Å². The maximum Gasteiger partial charge on any atom is 0.340 e. The minimum atomic E-state index is -0.382. The average molecular weight is 388 g/mol. The maximum absolute atomic E-state index is 12.4. The van der Waals surface area contributed by atoms with Gasteiger partial charge in [0.05, 0.1) is 22.2 Å². The van der Waals surface area contributed by atoms with E-state index in [0.29, 0.717) is 22.0 Å². The molecule has 0 aliphatic rings. The summed E-state index contributed by atoms with van der Waals surface area (Å²) in [7, 11) is 0. The van der Waals surface area contributed by atoms with Crippen molar-refractivity contribution in [2.45, 2.75) is 20.8 Å². The van der Waals surface area contributed by atoms with Crippen molar-refractivity contribution in [1.29, 1.82) is 0 Å². The molecule has 0 spiro atoms. The molecule has 0 saturated heterocycles. The van der Waals surface area contributed by atoms with Gasteiger partial charge in [0.1, 0.15) is 5.75 Å². The SMILES string of the molecule is CCOC(=O)c1c(C)n(-c2ccc(C)cc2)c2cc(Br)c(O)cc12. The minimum absolute atomic E-state index is 0.0918. The number of carbonyl (C=O) groups is 1. The van der Waals surface area contributed by atoms with Gasteiger partial charge in [0.2, 0.25) is 0 Å². The Morgan fingerprint density at radius 1 is 1.21 bits per heavy atom. The zero-order valence-electron chi connectivity index (χ0n) is 13.8. The summed E-state index contributed by atoms with van der Waals surface area (Å²) < 4.78 is 7.79. The second-order valence-corrected chi connectivity index (χ2v) is 6.53. The first-order chi connectivity index (χ1) is 11.4. The molecule has 0 unspecified atom stereocenters. The van der Waals surface area contributed by atoms with Gasteiger partial charge >= 0.3 is 5.97 Å². The number of aryl methyl sites for hydroxylation is 1. The Morgan fingerprint density at radius 3 is 2.50 bits per heavy atom. The van der Waals surface area contributed by atoms with Gasteiger partial charge in [-0.2, -0.15) is 0 Å². The zero-order valence-corrected chi connectivity index (χ0v) is 15.3. The van der Waals surface area contributed by atoms with E-state index < -0.39 is 0 Å². The van der Waals surface area contributed by atoms with E-state index in [0.717, 1.165) is 22.5 Å². The molecule has 1 aromatic heterocycles. The number of aromatic hydroxyl groups is 1. The van der Waals surface area contributed by atoms with Crippen LogP contribution in [0.15, 0.2) is 40.9 Å². The highest BCUT2D eigenvalue weighted by molar-refractivity contribution is 9.10. The topological polar surface area (TPSA) is 51.5 Å². The third-order valence-corrected chi connectivity index (χ3v) is 4.68. The molecule has 0 bridgehead atoms. The van der Waals surface area contributed by atoms with Crippen LogP contribution in [0.4, 0.5) is 0 Å². The van der Waals surface area contributed by atoms with Crippen LogP contribution in [0, 0.1) is 13.8 Å². The first-order valence-corrected chi connectivity index (χ1v) is 8.51. The Hall–Kier alpha value is -2.27. The Balaban J connectivity index is 2.36. The van der Waals surface area contributed by atoms with Gasteiger partial charge in [-0.25, -0.2) is 4.79 Å². The number of fused-ring (bicyclic) bond motifs is 1. The molecular weight excluding hydrogens is 370 g/mol. The molecule has 3 rings (SSSR count). The molecular formula is C19H18BrNO3. The summed E-state index contributed by atoms with van der Waals surface area (Å²) in [6.45, 7) is 6.00. The van der Waals surface area contributed by atoms with Crippen LogP contribution in [0.5, 0.6) is 5.75 Å². The standard InChI is InChI=1S/C19H18BrNO3/c1-4-24-19(23)18-12(3)21(13-7-5-11(2)6-8-13)16-10-15(20)17(22)9-14(16)18/h5-10,22H,4H2,1-3H3. The molecule has 0 aliphatic heterocycles. The number of carbonyl (C=O) groups excluding carboxylic acids is 1. The summed E-state index contributed by atoms with van der Waals surface area (Å²) in [5, 5.41) is 10.7. The van der Waals surface area contributed by atoms with Crippen LogP contribution >= 0.6 is 15.9 Å². The van der Waals surface area contributed by atoms with E-state index in [9.17, 15) is 9.90 Å². The van der Waals surface area contributed by atoms with Crippen molar-refractivity contribution >= 4 is 32.8 Å². The smallest absolute Gasteiger partial charge is 0.340 e. The monoisotopic (exact) mass is 387 g/mol. The lowest BCUT2D eigenvalue weighted by Crippen LogP contribution is -2.07.